The molecular formula is C16H22O2S. The molecule has 1 unspecified atom stereocenters. The zero-order chi connectivity index (χ0) is 14.1. The van der Waals surface area contributed by atoms with E-state index >= 15 is 0 Å². The fourth-order valence-electron chi connectivity index (χ4n) is 1.57. The lowest BCUT2D eigenvalue weighted by atomic mass is 10.1. The molecule has 0 saturated heterocycles. The van der Waals surface area contributed by atoms with Crippen LogP contribution in [-0.4, -0.2) is 24.6 Å². The predicted octanol–water partition coefficient (Wildman–Crippen LogP) is 3.32. The first-order chi connectivity index (χ1) is 9.21. The number of hydrogen-bond donors (Lipinski definition) is 1. The maximum Gasteiger partial charge on any atom is 0.134 e. The summed E-state index contributed by atoms with van der Waals surface area (Å²) in [7, 11) is 1.64. The third-order valence-electron chi connectivity index (χ3n) is 2.93. The Balaban J connectivity index is 2.69. The minimum absolute atomic E-state index is 0.129. The first kappa shape index (κ1) is 15.9. The van der Waals surface area contributed by atoms with E-state index in [0.29, 0.717) is 0 Å². The van der Waals surface area contributed by atoms with E-state index in [4.69, 9.17) is 9.84 Å². The van der Waals surface area contributed by atoms with Crippen molar-refractivity contribution in [2.24, 2.45) is 5.92 Å². The molecule has 0 aromatic heterocycles. The van der Waals surface area contributed by atoms with Gasteiger partial charge in [-0.1, -0.05) is 38.2 Å². The van der Waals surface area contributed by atoms with Gasteiger partial charge < -0.3 is 9.84 Å². The van der Waals surface area contributed by atoms with Crippen LogP contribution >= 0.6 is 11.8 Å². The Hall–Kier alpha value is -1.11. The third-order valence-corrected chi connectivity index (χ3v) is 4.28. The van der Waals surface area contributed by atoms with Crippen LogP contribution < -0.4 is 4.74 Å². The molecule has 0 spiro atoms. The third kappa shape index (κ3) is 5.59. The van der Waals surface area contributed by atoms with Crippen LogP contribution in [0.15, 0.2) is 18.2 Å². The quantitative estimate of drug-likeness (QED) is 0.810. The molecule has 3 heteroatoms. The van der Waals surface area contributed by atoms with Crippen molar-refractivity contribution in [3.8, 4) is 17.6 Å². The molecule has 0 aliphatic heterocycles. The molecule has 0 aliphatic carbocycles. The Morgan fingerprint density at radius 1 is 1.42 bits per heavy atom. The molecule has 0 heterocycles. The standard InChI is InChI=1S/C16H22O2S/c1-4-13(2)11-19-12-14-7-8-16(18-3)15(10-14)6-5-9-17/h7-8,10,13,17H,4,9,11-12H2,1-3H3. The second kappa shape index (κ2) is 8.90. The highest BCUT2D eigenvalue weighted by atomic mass is 32.2. The van der Waals surface area contributed by atoms with Crippen molar-refractivity contribution in [3.05, 3.63) is 29.3 Å². The van der Waals surface area contributed by atoms with E-state index in [0.717, 1.165) is 23.0 Å². The molecule has 1 rings (SSSR count). The van der Waals surface area contributed by atoms with Gasteiger partial charge in [0.1, 0.15) is 12.4 Å². The van der Waals surface area contributed by atoms with Gasteiger partial charge in [-0.2, -0.15) is 11.8 Å². The van der Waals surface area contributed by atoms with Crippen LogP contribution in [0.25, 0.3) is 0 Å². The summed E-state index contributed by atoms with van der Waals surface area (Å²) in [5.41, 5.74) is 2.09. The van der Waals surface area contributed by atoms with Crippen molar-refractivity contribution >= 4 is 11.8 Å². The lowest BCUT2D eigenvalue weighted by Crippen LogP contribution is -1.96. The highest BCUT2D eigenvalue weighted by molar-refractivity contribution is 7.98. The average molecular weight is 278 g/mol. The molecule has 19 heavy (non-hydrogen) atoms. The monoisotopic (exact) mass is 278 g/mol. The topological polar surface area (TPSA) is 29.5 Å². The Bertz CT molecular complexity index is 446. The van der Waals surface area contributed by atoms with Crippen molar-refractivity contribution in [2.45, 2.75) is 26.0 Å². The summed E-state index contributed by atoms with van der Waals surface area (Å²) < 4.78 is 5.27. The van der Waals surface area contributed by atoms with Crippen LogP contribution in [0, 0.1) is 17.8 Å². The van der Waals surface area contributed by atoms with Crippen molar-refractivity contribution in [3.63, 3.8) is 0 Å². The minimum Gasteiger partial charge on any atom is -0.495 e. The SMILES string of the molecule is CCC(C)CSCc1ccc(OC)c(C#CCO)c1. The van der Waals surface area contributed by atoms with Crippen LogP contribution in [0.4, 0.5) is 0 Å². The molecule has 0 amide bonds. The van der Waals surface area contributed by atoms with Crippen LogP contribution in [-0.2, 0) is 5.75 Å². The highest BCUT2D eigenvalue weighted by Gasteiger charge is 2.04. The average Bonchev–Trinajstić information content (AvgIpc) is 2.45. The number of hydrogen-bond acceptors (Lipinski definition) is 3. The van der Waals surface area contributed by atoms with E-state index < -0.39 is 0 Å². The Morgan fingerprint density at radius 3 is 2.84 bits per heavy atom. The van der Waals surface area contributed by atoms with E-state index in [2.05, 4.69) is 31.8 Å². The minimum atomic E-state index is -0.129. The number of methoxy groups -OCH3 is 1. The van der Waals surface area contributed by atoms with E-state index in [9.17, 15) is 0 Å². The van der Waals surface area contributed by atoms with Crippen LogP contribution in [0.3, 0.4) is 0 Å². The normalized spacial score (nSPS) is 11.6. The van der Waals surface area contributed by atoms with Gasteiger partial charge in [-0.25, -0.2) is 0 Å². The van der Waals surface area contributed by atoms with E-state index in [-0.39, 0.29) is 6.61 Å². The molecule has 1 aromatic rings. The van der Waals surface area contributed by atoms with Gasteiger partial charge in [0.05, 0.1) is 12.7 Å². The van der Waals surface area contributed by atoms with E-state index in [1.807, 2.05) is 23.9 Å². The Kier molecular flexibility index (Phi) is 7.47. The van der Waals surface area contributed by atoms with Crippen LogP contribution in [0.5, 0.6) is 5.75 Å². The molecule has 104 valence electrons. The fourth-order valence-corrected chi connectivity index (χ4v) is 2.74. The maximum absolute atomic E-state index is 8.77. The summed E-state index contributed by atoms with van der Waals surface area (Å²) in [5, 5.41) is 8.77. The number of benzene rings is 1. The lowest BCUT2D eigenvalue weighted by Gasteiger charge is -2.09. The molecule has 1 N–H and O–H groups in total. The van der Waals surface area contributed by atoms with Crippen molar-refractivity contribution in [1.29, 1.82) is 0 Å². The molecular weight excluding hydrogens is 256 g/mol. The number of aliphatic hydroxyl groups excluding tert-OH is 1. The van der Waals surface area contributed by atoms with Crippen molar-refractivity contribution < 1.29 is 9.84 Å². The van der Waals surface area contributed by atoms with Gasteiger partial charge in [-0.05, 0) is 29.4 Å². The van der Waals surface area contributed by atoms with Crippen molar-refractivity contribution in [2.75, 3.05) is 19.5 Å². The molecule has 0 saturated carbocycles. The second-order valence-corrected chi connectivity index (χ2v) is 5.55. The lowest BCUT2D eigenvalue weighted by molar-refractivity contribution is 0.350. The number of thioether (sulfide) groups is 1. The Morgan fingerprint density at radius 2 is 2.21 bits per heavy atom. The van der Waals surface area contributed by atoms with Crippen LogP contribution in [0.1, 0.15) is 31.4 Å². The summed E-state index contributed by atoms with van der Waals surface area (Å²) in [6, 6.07) is 6.07. The molecule has 0 fully saturated rings. The molecule has 1 aromatic carbocycles. The fraction of sp³-hybridized carbons (Fsp3) is 0.500. The van der Waals surface area contributed by atoms with E-state index in [1.165, 1.54) is 17.7 Å². The predicted molar refractivity (Wildman–Crippen MR) is 82.6 cm³/mol. The largest absolute Gasteiger partial charge is 0.495 e. The summed E-state index contributed by atoms with van der Waals surface area (Å²) in [5.74, 6) is 9.29. The first-order valence-corrected chi connectivity index (χ1v) is 7.71. The van der Waals surface area contributed by atoms with E-state index in [1.54, 1.807) is 7.11 Å². The molecule has 2 nitrogen and oxygen atoms in total. The van der Waals surface area contributed by atoms with Gasteiger partial charge in [-0.15, -0.1) is 0 Å². The highest BCUT2D eigenvalue weighted by Crippen LogP contribution is 2.23. The van der Waals surface area contributed by atoms with Crippen molar-refractivity contribution in [1.82, 2.24) is 0 Å². The second-order valence-electron chi connectivity index (χ2n) is 4.52. The number of ether oxygens (including phenoxy) is 1. The van der Waals surface area contributed by atoms with Gasteiger partial charge in [-0.3, -0.25) is 0 Å². The molecule has 1 atom stereocenters. The zero-order valence-corrected chi connectivity index (χ0v) is 12.7. The molecule has 0 bridgehead atoms. The number of rotatable bonds is 6. The van der Waals surface area contributed by atoms with Gasteiger partial charge >= 0.3 is 0 Å². The van der Waals surface area contributed by atoms with Gasteiger partial charge in [0.15, 0.2) is 0 Å². The Labute approximate surface area is 120 Å². The van der Waals surface area contributed by atoms with Crippen LogP contribution in [0.2, 0.25) is 0 Å². The summed E-state index contributed by atoms with van der Waals surface area (Å²) >= 11 is 1.95. The zero-order valence-electron chi connectivity index (χ0n) is 11.9. The van der Waals surface area contributed by atoms with Gasteiger partial charge in [0.25, 0.3) is 0 Å². The van der Waals surface area contributed by atoms with Gasteiger partial charge in [0.2, 0.25) is 0 Å². The smallest absolute Gasteiger partial charge is 0.134 e. The first-order valence-electron chi connectivity index (χ1n) is 6.55. The van der Waals surface area contributed by atoms with Gasteiger partial charge in [0, 0.05) is 5.75 Å². The summed E-state index contributed by atoms with van der Waals surface area (Å²) in [4.78, 5) is 0. The summed E-state index contributed by atoms with van der Waals surface area (Å²) in [6.45, 7) is 4.37. The molecule has 0 radical (unpaired) electrons. The maximum atomic E-state index is 8.77. The number of aliphatic hydroxyl groups is 1. The molecule has 0 aliphatic rings. The summed E-state index contributed by atoms with van der Waals surface area (Å²) in [6.07, 6.45) is 1.23.